The maximum Gasteiger partial charge on any atom is 0.339 e. The summed E-state index contributed by atoms with van der Waals surface area (Å²) in [6.07, 6.45) is 7.90. The summed E-state index contributed by atoms with van der Waals surface area (Å²) in [7, 11) is 0. The van der Waals surface area contributed by atoms with E-state index in [4.69, 9.17) is 9.47 Å². The van der Waals surface area contributed by atoms with Crippen LogP contribution in [0.5, 0.6) is 0 Å². The van der Waals surface area contributed by atoms with Gasteiger partial charge in [-0.05, 0) is 56.1 Å². The van der Waals surface area contributed by atoms with E-state index in [1.807, 2.05) is 19.9 Å². The SMILES string of the molecule is CCC[C@H]1O[C@@H]2C[C@H]3[C@@H]4CCC5=CC(=O)C=C[C@]5(C)[C@@H]4[C@H](O)C[C@]3(C)[C@]2(C(=O)O)O1. The quantitative estimate of drug-likeness (QED) is 0.734. The molecule has 0 unspecified atom stereocenters. The highest BCUT2D eigenvalue weighted by Gasteiger charge is 2.76. The maximum absolute atomic E-state index is 12.7. The molecule has 5 aliphatic rings. The second kappa shape index (κ2) is 6.50. The minimum Gasteiger partial charge on any atom is -0.479 e. The van der Waals surface area contributed by atoms with E-state index in [1.165, 1.54) is 0 Å². The van der Waals surface area contributed by atoms with Crippen molar-refractivity contribution >= 4 is 11.8 Å². The van der Waals surface area contributed by atoms with Crippen LogP contribution in [0, 0.1) is 28.6 Å². The van der Waals surface area contributed by atoms with Gasteiger partial charge in [0.2, 0.25) is 0 Å². The van der Waals surface area contributed by atoms with Crippen molar-refractivity contribution in [1.29, 1.82) is 0 Å². The first kappa shape index (κ1) is 20.4. The molecule has 30 heavy (non-hydrogen) atoms. The molecule has 2 N–H and O–H groups in total. The minimum atomic E-state index is -1.40. The molecule has 1 aliphatic heterocycles. The van der Waals surface area contributed by atoms with E-state index >= 15 is 0 Å². The number of ketones is 1. The Morgan fingerprint density at radius 1 is 1.33 bits per heavy atom. The zero-order valence-electron chi connectivity index (χ0n) is 18.0. The lowest BCUT2D eigenvalue weighted by atomic mass is 9.46. The van der Waals surface area contributed by atoms with Gasteiger partial charge in [-0.1, -0.05) is 38.8 Å². The highest BCUT2D eigenvalue weighted by molar-refractivity contribution is 6.01. The number of carboxylic acid groups (broad SMARTS) is 1. The molecule has 0 bridgehead atoms. The van der Waals surface area contributed by atoms with Crippen molar-refractivity contribution in [1.82, 2.24) is 0 Å². The van der Waals surface area contributed by atoms with E-state index in [2.05, 4.69) is 6.92 Å². The molecule has 4 fully saturated rings. The minimum absolute atomic E-state index is 0.0139. The fourth-order valence-electron chi connectivity index (χ4n) is 7.87. The van der Waals surface area contributed by atoms with Crippen LogP contribution >= 0.6 is 0 Å². The molecule has 0 aromatic heterocycles. The van der Waals surface area contributed by atoms with Gasteiger partial charge in [-0.2, -0.15) is 0 Å². The molecule has 6 heteroatoms. The first-order valence-corrected chi connectivity index (χ1v) is 11.4. The molecule has 1 saturated heterocycles. The molecule has 5 rings (SSSR count). The zero-order chi connectivity index (χ0) is 21.5. The van der Waals surface area contributed by atoms with E-state index < -0.39 is 35.5 Å². The maximum atomic E-state index is 12.7. The van der Waals surface area contributed by atoms with Gasteiger partial charge in [0.25, 0.3) is 0 Å². The molecule has 1 heterocycles. The van der Waals surface area contributed by atoms with Crippen LogP contribution in [-0.4, -0.2) is 46.1 Å². The fourth-order valence-corrected chi connectivity index (χ4v) is 7.87. The molecule has 164 valence electrons. The predicted molar refractivity (Wildman–Crippen MR) is 108 cm³/mol. The van der Waals surface area contributed by atoms with Gasteiger partial charge in [0.1, 0.15) is 6.10 Å². The number of carbonyl (C=O) groups excluding carboxylic acids is 1. The first-order chi connectivity index (χ1) is 14.2. The van der Waals surface area contributed by atoms with Crippen LogP contribution in [0.2, 0.25) is 0 Å². The number of aliphatic hydroxyl groups is 1. The smallest absolute Gasteiger partial charge is 0.339 e. The number of carbonyl (C=O) groups is 2. The molecule has 6 nitrogen and oxygen atoms in total. The molecule has 3 saturated carbocycles. The van der Waals surface area contributed by atoms with Crippen molar-refractivity contribution in [3.8, 4) is 0 Å². The number of hydrogen-bond acceptors (Lipinski definition) is 5. The van der Waals surface area contributed by atoms with Gasteiger partial charge < -0.3 is 19.7 Å². The van der Waals surface area contributed by atoms with Crippen LogP contribution in [0.15, 0.2) is 23.8 Å². The Morgan fingerprint density at radius 3 is 2.80 bits per heavy atom. The van der Waals surface area contributed by atoms with Gasteiger partial charge in [-0.15, -0.1) is 0 Å². The average Bonchev–Trinajstić information content (AvgIpc) is 3.15. The van der Waals surface area contributed by atoms with Crippen molar-refractivity contribution in [2.75, 3.05) is 0 Å². The van der Waals surface area contributed by atoms with Crippen LogP contribution in [0.4, 0.5) is 0 Å². The standard InChI is InChI=1S/C24H32O6/c1-4-5-19-29-18-11-16-15-7-6-13-10-14(25)8-9-22(13,2)20(15)17(26)12-23(16,3)24(18,30-19)21(27)28/h8-10,15-20,26H,4-7,11-12H2,1-3H3,(H,27,28)/t15-,16-,17+,18+,19-,20-,22-,23-,24-/m0/s1. The lowest BCUT2D eigenvalue weighted by Crippen LogP contribution is -2.63. The lowest BCUT2D eigenvalue weighted by Gasteiger charge is -2.59. The molecule has 0 aromatic carbocycles. The van der Waals surface area contributed by atoms with Gasteiger partial charge in [0, 0.05) is 16.7 Å². The largest absolute Gasteiger partial charge is 0.479 e. The van der Waals surface area contributed by atoms with Gasteiger partial charge in [-0.25, -0.2) is 4.79 Å². The summed E-state index contributed by atoms with van der Waals surface area (Å²) in [5, 5.41) is 21.8. The highest BCUT2D eigenvalue weighted by atomic mass is 16.7. The number of allylic oxidation sites excluding steroid dienone is 4. The lowest BCUT2D eigenvalue weighted by molar-refractivity contribution is -0.210. The zero-order valence-corrected chi connectivity index (χ0v) is 18.0. The van der Waals surface area contributed by atoms with Crippen molar-refractivity contribution in [2.24, 2.45) is 28.6 Å². The van der Waals surface area contributed by atoms with E-state index in [9.17, 15) is 19.8 Å². The number of aliphatic carboxylic acids is 1. The van der Waals surface area contributed by atoms with Gasteiger partial charge in [0.05, 0.1) is 6.10 Å². The summed E-state index contributed by atoms with van der Waals surface area (Å²) in [5.74, 6) is -0.722. The van der Waals surface area contributed by atoms with Gasteiger partial charge in [0.15, 0.2) is 17.7 Å². The van der Waals surface area contributed by atoms with Gasteiger partial charge >= 0.3 is 5.97 Å². The molecule has 0 amide bonds. The third-order valence-electron chi connectivity index (χ3n) is 9.13. The summed E-state index contributed by atoms with van der Waals surface area (Å²) >= 11 is 0. The van der Waals surface area contributed by atoms with Crippen molar-refractivity contribution < 1.29 is 29.3 Å². The molecular weight excluding hydrogens is 384 g/mol. The number of carboxylic acids is 1. The summed E-state index contributed by atoms with van der Waals surface area (Å²) in [5.41, 5.74) is -1.37. The van der Waals surface area contributed by atoms with E-state index in [1.54, 1.807) is 12.2 Å². The topological polar surface area (TPSA) is 93.1 Å². The molecule has 4 aliphatic carbocycles. The van der Waals surface area contributed by atoms with Crippen LogP contribution in [0.3, 0.4) is 0 Å². The summed E-state index contributed by atoms with van der Waals surface area (Å²) in [6.45, 7) is 6.15. The van der Waals surface area contributed by atoms with E-state index in [0.29, 0.717) is 19.3 Å². The van der Waals surface area contributed by atoms with Crippen LogP contribution in [0.25, 0.3) is 0 Å². The Bertz CT molecular complexity index is 847. The molecule has 0 aromatic rings. The summed E-state index contributed by atoms with van der Waals surface area (Å²) < 4.78 is 12.4. The van der Waals surface area contributed by atoms with Crippen molar-refractivity contribution in [3.63, 3.8) is 0 Å². The monoisotopic (exact) mass is 416 g/mol. The van der Waals surface area contributed by atoms with Crippen molar-refractivity contribution in [2.45, 2.75) is 83.4 Å². The Balaban J connectivity index is 1.55. The normalized spacial score (nSPS) is 51.6. The summed E-state index contributed by atoms with van der Waals surface area (Å²) in [4.78, 5) is 24.6. The average molecular weight is 417 g/mol. The first-order valence-electron chi connectivity index (χ1n) is 11.4. The van der Waals surface area contributed by atoms with E-state index in [-0.39, 0.29) is 29.0 Å². The Hall–Kier alpha value is -1.50. The van der Waals surface area contributed by atoms with E-state index in [0.717, 1.165) is 24.8 Å². The number of hydrogen-bond donors (Lipinski definition) is 2. The third-order valence-corrected chi connectivity index (χ3v) is 9.13. The van der Waals surface area contributed by atoms with Gasteiger partial charge in [-0.3, -0.25) is 4.79 Å². The Labute approximate surface area is 177 Å². The molecule has 0 radical (unpaired) electrons. The van der Waals surface area contributed by atoms with Crippen LogP contribution < -0.4 is 0 Å². The molecular formula is C24H32O6. The molecule has 0 spiro atoms. The number of ether oxygens (including phenoxy) is 2. The molecule has 9 atom stereocenters. The number of fused-ring (bicyclic) bond motifs is 7. The summed E-state index contributed by atoms with van der Waals surface area (Å²) in [6, 6.07) is 0. The predicted octanol–water partition coefficient (Wildman–Crippen LogP) is 3.24. The van der Waals surface area contributed by atoms with Crippen LogP contribution in [0.1, 0.15) is 59.3 Å². The number of aliphatic hydroxyl groups excluding tert-OH is 1. The van der Waals surface area contributed by atoms with Crippen LogP contribution in [-0.2, 0) is 19.1 Å². The second-order valence-corrected chi connectivity index (χ2v) is 10.4. The Kier molecular flexibility index (Phi) is 4.42. The van der Waals surface area contributed by atoms with Crippen molar-refractivity contribution in [3.05, 3.63) is 23.8 Å². The Morgan fingerprint density at radius 2 is 2.10 bits per heavy atom. The second-order valence-electron chi connectivity index (χ2n) is 10.4. The highest BCUT2D eigenvalue weighted by Crippen LogP contribution is 2.69. The third kappa shape index (κ3) is 2.36. The number of rotatable bonds is 3. The fraction of sp³-hybridized carbons (Fsp3) is 0.750.